The molecule has 2 rings (SSSR count). The molecule has 1 aromatic carbocycles. The van der Waals surface area contributed by atoms with E-state index in [0.29, 0.717) is 12.1 Å². The van der Waals surface area contributed by atoms with E-state index in [1.807, 2.05) is 0 Å². The summed E-state index contributed by atoms with van der Waals surface area (Å²) in [5.74, 6) is -0.539. The Labute approximate surface area is 167 Å². The lowest BCUT2D eigenvalue weighted by molar-refractivity contribution is 0.0599. The number of sulfonamides is 1. The fraction of sp³-hybridized carbons (Fsp3) is 0.562. The minimum absolute atomic E-state index is 0. The summed E-state index contributed by atoms with van der Waals surface area (Å²) in [7, 11) is -2.37. The molecule has 2 N–H and O–H groups in total. The van der Waals surface area contributed by atoms with Crippen molar-refractivity contribution in [1.29, 1.82) is 0 Å². The van der Waals surface area contributed by atoms with Crippen LogP contribution in [0.5, 0.6) is 0 Å². The molecule has 1 aliphatic rings. The minimum atomic E-state index is -3.65. The second kappa shape index (κ2) is 11.7. The molecule has 0 bridgehead atoms. The van der Waals surface area contributed by atoms with E-state index in [9.17, 15) is 13.2 Å². The van der Waals surface area contributed by atoms with Crippen LogP contribution in [0.15, 0.2) is 23.1 Å². The number of nitrogens with one attached hydrogen (secondary N) is 2. The lowest BCUT2D eigenvalue weighted by Crippen LogP contribution is -2.44. The predicted molar refractivity (Wildman–Crippen MR) is 106 cm³/mol. The Bertz CT molecular complexity index is 680. The second-order valence-corrected chi connectivity index (χ2v) is 7.50. The summed E-state index contributed by atoms with van der Waals surface area (Å²) in [6.45, 7) is 6.79. The van der Waals surface area contributed by atoms with Crippen molar-refractivity contribution in [1.82, 2.24) is 14.9 Å². The van der Waals surface area contributed by atoms with Crippen molar-refractivity contribution in [3.05, 3.63) is 29.3 Å². The maximum Gasteiger partial charge on any atom is 0.338 e. The highest BCUT2D eigenvalue weighted by Crippen LogP contribution is 2.19. The van der Waals surface area contributed by atoms with Crippen LogP contribution in [0.3, 0.4) is 0 Å². The van der Waals surface area contributed by atoms with Crippen molar-refractivity contribution < 1.29 is 17.9 Å². The van der Waals surface area contributed by atoms with Gasteiger partial charge in [0.25, 0.3) is 0 Å². The summed E-state index contributed by atoms with van der Waals surface area (Å²) in [4.78, 5) is 14.1. The molecule has 7 nitrogen and oxygen atoms in total. The van der Waals surface area contributed by atoms with Crippen LogP contribution in [-0.2, 0) is 14.8 Å². The lowest BCUT2D eigenvalue weighted by Gasteiger charge is -2.27. The largest absolute Gasteiger partial charge is 0.465 e. The van der Waals surface area contributed by atoms with E-state index in [1.165, 1.54) is 13.2 Å². The third-order valence-electron chi connectivity index (χ3n) is 4.13. The zero-order valence-electron chi connectivity index (χ0n) is 15.0. The van der Waals surface area contributed by atoms with Crippen LogP contribution in [0.4, 0.5) is 0 Å². The van der Waals surface area contributed by atoms with E-state index in [1.54, 1.807) is 19.1 Å². The van der Waals surface area contributed by atoms with Crippen LogP contribution >= 0.6 is 24.8 Å². The molecule has 26 heavy (non-hydrogen) atoms. The van der Waals surface area contributed by atoms with Crippen molar-refractivity contribution in [3.63, 3.8) is 0 Å². The molecule has 0 aromatic heterocycles. The molecule has 0 aliphatic carbocycles. The standard InChI is InChI=1S/C16H25N3O4S.2ClH/c1-13-14(16(20)23-2)5-3-6-15(13)24(21,22)18-7-4-10-19-11-8-17-9-12-19;;/h3,5-6,17-18H,4,7-12H2,1-2H3;2*1H. The molecule has 1 saturated heterocycles. The number of nitrogens with zero attached hydrogens (tertiary/aromatic N) is 1. The Hall–Kier alpha value is -0.900. The molecule has 1 fully saturated rings. The highest BCUT2D eigenvalue weighted by Gasteiger charge is 2.21. The molecule has 0 saturated carbocycles. The smallest absolute Gasteiger partial charge is 0.338 e. The summed E-state index contributed by atoms with van der Waals surface area (Å²) in [6.07, 6.45) is 0.745. The molecule has 1 heterocycles. The molecule has 1 aliphatic heterocycles. The number of carbonyl (C=O) groups is 1. The fourth-order valence-electron chi connectivity index (χ4n) is 2.76. The van der Waals surface area contributed by atoms with Gasteiger partial charge in [0.1, 0.15) is 0 Å². The molecule has 10 heteroatoms. The molecule has 0 radical (unpaired) electrons. The average molecular weight is 428 g/mol. The van der Waals surface area contributed by atoms with Gasteiger partial charge in [-0.15, -0.1) is 24.8 Å². The van der Waals surface area contributed by atoms with E-state index in [2.05, 4.69) is 19.7 Å². The lowest BCUT2D eigenvalue weighted by atomic mass is 10.1. The summed E-state index contributed by atoms with van der Waals surface area (Å²) in [5, 5.41) is 3.29. The zero-order chi connectivity index (χ0) is 17.6. The van der Waals surface area contributed by atoms with Gasteiger partial charge < -0.3 is 15.0 Å². The van der Waals surface area contributed by atoms with Gasteiger partial charge in [-0.05, 0) is 37.6 Å². The number of hydrogen-bond acceptors (Lipinski definition) is 6. The first kappa shape index (κ1) is 25.1. The number of carbonyl (C=O) groups excluding carboxylic acids is 1. The van der Waals surface area contributed by atoms with Gasteiger partial charge in [0.2, 0.25) is 10.0 Å². The van der Waals surface area contributed by atoms with Crippen LogP contribution in [-0.4, -0.2) is 65.7 Å². The number of hydrogen-bond donors (Lipinski definition) is 2. The van der Waals surface area contributed by atoms with Crippen molar-refractivity contribution in [2.45, 2.75) is 18.2 Å². The normalized spacial score (nSPS) is 14.8. The number of ether oxygens (including phenoxy) is 1. The molecule has 0 unspecified atom stereocenters. The van der Waals surface area contributed by atoms with Gasteiger partial charge in [-0.2, -0.15) is 0 Å². The predicted octanol–water partition coefficient (Wildman–Crippen LogP) is 1.20. The van der Waals surface area contributed by atoms with Gasteiger partial charge >= 0.3 is 5.97 Å². The number of rotatable bonds is 7. The topological polar surface area (TPSA) is 87.7 Å². The van der Waals surface area contributed by atoms with Crippen LogP contribution < -0.4 is 10.0 Å². The van der Waals surface area contributed by atoms with E-state index in [4.69, 9.17) is 0 Å². The Morgan fingerprint density at radius 1 is 1.27 bits per heavy atom. The summed E-state index contributed by atoms with van der Waals surface area (Å²) < 4.78 is 32.3. The molecule has 0 spiro atoms. The molecular formula is C16H27Cl2N3O4S. The summed E-state index contributed by atoms with van der Waals surface area (Å²) in [5.41, 5.74) is 0.667. The van der Waals surface area contributed by atoms with E-state index in [-0.39, 0.29) is 35.3 Å². The Morgan fingerprint density at radius 3 is 2.54 bits per heavy atom. The second-order valence-electron chi connectivity index (χ2n) is 5.76. The van der Waals surface area contributed by atoms with Crippen LogP contribution in [0, 0.1) is 6.92 Å². The Balaban J connectivity index is 0.00000312. The highest BCUT2D eigenvalue weighted by atomic mass is 35.5. The monoisotopic (exact) mass is 427 g/mol. The number of halogens is 2. The quantitative estimate of drug-likeness (QED) is 0.501. The van der Waals surface area contributed by atoms with Crippen LogP contribution in [0.1, 0.15) is 22.3 Å². The van der Waals surface area contributed by atoms with E-state index in [0.717, 1.165) is 39.1 Å². The minimum Gasteiger partial charge on any atom is -0.465 e. The Kier molecular flexibility index (Phi) is 11.3. The van der Waals surface area contributed by atoms with Gasteiger partial charge in [-0.1, -0.05) is 6.07 Å². The summed E-state index contributed by atoms with van der Waals surface area (Å²) in [6, 6.07) is 4.61. The van der Waals surface area contributed by atoms with Crippen LogP contribution in [0.25, 0.3) is 0 Å². The first-order chi connectivity index (χ1) is 11.5. The van der Waals surface area contributed by atoms with Gasteiger partial charge in [0, 0.05) is 32.7 Å². The molecule has 1 aromatic rings. The first-order valence-corrected chi connectivity index (χ1v) is 9.54. The van der Waals surface area contributed by atoms with Crippen molar-refractivity contribution in [3.8, 4) is 0 Å². The summed E-state index contributed by atoms with van der Waals surface area (Å²) >= 11 is 0. The average Bonchev–Trinajstić information content (AvgIpc) is 2.59. The maximum absolute atomic E-state index is 12.5. The number of esters is 1. The number of piperazine rings is 1. The number of benzene rings is 1. The molecule has 0 atom stereocenters. The third-order valence-corrected chi connectivity index (χ3v) is 5.74. The third kappa shape index (κ3) is 6.68. The molecule has 0 amide bonds. The number of methoxy groups -OCH3 is 1. The van der Waals surface area contributed by atoms with Crippen LogP contribution in [0.2, 0.25) is 0 Å². The van der Waals surface area contributed by atoms with Gasteiger partial charge in [-0.25, -0.2) is 17.9 Å². The first-order valence-electron chi connectivity index (χ1n) is 8.06. The zero-order valence-corrected chi connectivity index (χ0v) is 17.4. The van der Waals surface area contributed by atoms with E-state index >= 15 is 0 Å². The Morgan fingerprint density at radius 2 is 1.92 bits per heavy atom. The van der Waals surface area contributed by atoms with Crippen molar-refractivity contribution in [2.75, 3.05) is 46.4 Å². The highest BCUT2D eigenvalue weighted by molar-refractivity contribution is 7.89. The maximum atomic E-state index is 12.5. The van der Waals surface area contributed by atoms with Crippen molar-refractivity contribution in [2.24, 2.45) is 0 Å². The SMILES string of the molecule is COC(=O)c1cccc(S(=O)(=O)NCCCN2CCNCC2)c1C.Cl.Cl. The fourth-order valence-corrected chi connectivity index (χ4v) is 4.10. The molecule has 150 valence electrons. The molecular weight excluding hydrogens is 401 g/mol. The van der Waals surface area contributed by atoms with E-state index < -0.39 is 16.0 Å². The van der Waals surface area contributed by atoms with Gasteiger partial charge in [0.05, 0.1) is 17.6 Å². The van der Waals surface area contributed by atoms with Gasteiger partial charge in [0.15, 0.2) is 0 Å². The van der Waals surface area contributed by atoms with Crippen molar-refractivity contribution >= 4 is 40.8 Å². The van der Waals surface area contributed by atoms with Gasteiger partial charge in [-0.3, -0.25) is 0 Å².